The highest BCUT2D eigenvalue weighted by Crippen LogP contribution is 2.33. The first-order valence-corrected chi connectivity index (χ1v) is 7.48. The van der Waals surface area contributed by atoms with Crippen molar-refractivity contribution in [3.05, 3.63) is 0 Å². The average molecular weight is 238 g/mol. The maximum atomic E-state index is 9.30. The van der Waals surface area contributed by atoms with E-state index in [1.54, 1.807) is 0 Å². The highest BCUT2D eigenvalue weighted by Gasteiger charge is 2.35. The predicted molar refractivity (Wildman–Crippen MR) is 68.9 cm³/mol. The molecule has 0 aromatic rings. The molecule has 3 N–H and O–H groups in total. The Bertz CT molecular complexity index is 247. The number of aliphatic hydroxyl groups excluding tert-OH is 1. The van der Waals surface area contributed by atoms with Gasteiger partial charge in [-0.1, -0.05) is 6.42 Å². The summed E-state index contributed by atoms with van der Waals surface area (Å²) in [6.07, 6.45) is 8.94. The van der Waals surface area contributed by atoms with Gasteiger partial charge in [-0.3, -0.25) is 0 Å². The molecule has 3 rings (SSSR count). The van der Waals surface area contributed by atoms with E-state index in [9.17, 15) is 5.11 Å². The van der Waals surface area contributed by atoms with Gasteiger partial charge < -0.3 is 15.7 Å². The lowest BCUT2D eigenvalue weighted by Crippen LogP contribution is -2.45. The minimum Gasteiger partial charge on any atom is -0.393 e. The summed E-state index contributed by atoms with van der Waals surface area (Å²) in [7, 11) is 0. The van der Waals surface area contributed by atoms with Gasteiger partial charge in [0.1, 0.15) is 0 Å². The molecule has 2 saturated carbocycles. The summed E-state index contributed by atoms with van der Waals surface area (Å²) in [5.74, 6) is 1.60. The molecule has 1 saturated heterocycles. The number of nitrogens with one attached hydrogen (secondary N) is 2. The molecule has 1 aliphatic heterocycles. The zero-order valence-corrected chi connectivity index (χ0v) is 10.7. The molecule has 0 aromatic heterocycles. The Balaban J connectivity index is 1.44. The SMILES string of the molecule is OC1CC(CNC2CCCC2C2CCCN2)C1. The van der Waals surface area contributed by atoms with Crippen LogP contribution in [0.5, 0.6) is 0 Å². The van der Waals surface area contributed by atoms with Crippen LogP contribution in [0.1, 0.15) is 44.9 Å². The number of hydrogen-bond donors (Lipinski definition) is 3. The third-order valence-electron chi connectivity index (χ3n) is 5.06. The van der Waals surface area contributed by atoms with Crippen LogP contribution in [-0.4, -0.2) is 36.4 Å². The van der Waals surface area contributed by atoms with Crippen molar-refractivity contribution in [3.8, 4) is 0 Å². The molecule has 1 heterocycles. The molecule has 0 aromatic carbocycles. The third kappa shape index (κ3) is 2.67. The van der Waals surface area contributed by atoms with Crippen molar-refractivity contribution in [2.75, 3.05) is 13.1 Å². The molecule has 3 heteroatoms. The summed E-state index contributed by atoms with van der Waals surface area (Å²) < 4.78 is 0. The van der Waals surface area contributed by atoms with E-state index >= 15 is 0 Å². The lowest BCUT2D eigenvalue weighted by Gasteiger charge is -2.34. The van der Waals surface area contributed by atoms with Gasteiger partial charge in [0.2, 0.25) is 0 Å². The Morgan fingerprint density at radius 3 is 2.71 bits per heavy atom. The first-order chi connectivity index (χ1) is 8.33. The Labute approximate surface area is 104 Å². The summed E-state index contributed by atoms with van der Waals surface area (Å²) in [5.41, 5.74) is 0. The largest absolute Gasteiger partial charge is 0.393 e. The van der Waals surface area contributed by atoms with Crippen LogP contribution in [0, 0.1) is 11.8 Å². The quantitative estimate of drug-likeness (QED) is 0.691. The number of aliphatic hydroxyl groups is 1. The number of rotatable bonds is 4. The molecule has 3 aliphatic rings. The lowest BCUT2D eigenvalue weighted by molar-refractivity contribution is 0.0410. The fourth-order valence-electron chi connectivity index (χ4n) is 3.99. The van der Waals surface area contributed by atoms with Gasteiger partial charge in [-0.25, -0.2) is 0 Å². The monoisotopic (exact) mass is 238 g/mol. The van der Waals surface area contributed by atoms with E-state index in [-0.39, 0.29) is 6.10 Å². The molecule has 3 nitrogen and oxygen atoms in total. The van der Waals surface area contributed by atoms with Gasteiger partial charge in [-0.05, 0) is 63.5 Å². The fraction of sp³-hybridized carbons (Fsp3) is 1.00. The van der Waals surface area contributed by atoms with Crippen molar-refractivity contribution in [1.29, 1.82) is 0 Å². The molecule has 0 radical (unpaired) electrons. The molecule has 98 valence electrons. The van der Waals surface area contributed by atoms with E-state index in [0.717, 1.165) is 43.3 Å². The standard InChI is InChI=1S/C14H26N2O/c17-11-7-10(8-11)9-16-14-4-1-3-12(14)13-5-2-6-15-13/h10-17H,1-9H2. The molecule has 17 heavy (non-hydrogen) atoms. The van der Waals surface area contributed by atoms with Gasteiger partial charge in [-0.2, -0.15) is 0 Å². The van der Waals surface area contributed by atoms with E-state index < -0.39 is 0 Å². The van der Waals surface area contributed by atoms with Crippen LogP contribution < -0.4 is 10.6 Å². The molecule has 3 atom stereocenters. The van der Waals surface area contributed by atoms with Crippen LogP contribution in [-0.2, 0) is 0 Å². The summed E-state index contributed by atoms with van der Waals surface area (Å²) >= 11 is 0. The second-order valence-electron chi connectivity index (χ2n) is 6.30. The summed E-state index contributed by atoms with van der Waals surface area (Å²) in [5, 5.41) is 16.7. The van der Waals surface area contributed by atoms with E-state index in [1.807, 2.05) is 0 Å². The van der Waals surface area contributed by atoms with Crippen LogP contribution in [0.3, 0.4) is 0 Å². The normalized spacial score (nSPS) is 46.1. The topological polar surface area (TPSA) is 44.3 Å². The maximum absolute atomic E-state index is 9.30. The highest BCUT2D eigenvalue weighted by atomic mass is 16.3. The molecule has 2 aliphatic carbocycles. The van der Waals surface area contributed by atoms with Gasteiger partial charge in [0.25, 0.3) is 0 Å². The van der Waals surface area contributed by atoms with Crippen molar-refractivity contribution < 1.29 is 5.11 Å². The third-order valence-corrected chi connectivity index (χ3v) is 5.06. The molecular formula is C14H26N2O. The van der Waals surface area contributed by atoms with Crippen LogP contribution in [0.15, 0.2) is 0 Å². The first-order valence-electron chi connectivity index (χ1n) is 7.48. The number of hydrogen-bond acceptors (Lipinski definition) is 3. The predicted octanol–water partition coefficient (Wildman–Crippen LogP) is 1.27. The molecule has 0 amide bonds. The maximum Gasteiger partial charge on any atom is 0.0546 e. The second-order valence-corrected chi connectivity index (χ2v) is 6.30. The Kier molecular flexibility index (Phi) is 3.69. The fourth-order valence-corrected chi connectivity index (χ4v) is 3.99. The van der Waals surface area contributed by atoms with Crippen molar-refractivity contribution in [2.24, 2.45) is 11.8 Å². The minimum absolute atomic E-state index is 0.00215. The summed E-state index contributed by atoms with van der Waals surface area (Å²) in [6, 6.07) is 1.52. The van der Waals surface area contributed by atoms with Gasteiger partial charge in [0.15, 0.2) is 0 Å². The van der Waals surface area contributed by atoms with E-state index in [1.165, 1.54) is 38.6 Å². The molecule has 0 bridgehead atoms. The van der Waals surface area contributed by atoms with Crippen molar-refractivity contribution in [3.63, 3.8) is 0 Å². The van der Waals surface area contributed by atoms with E-state index in [4.69, 9.17) is 0 Å². The van der Waals surface area contributed by atoms with Crippen LogP contribution >= 0.6 is 0 Å². The van der Waals surface area contributed by atoms with Gasteiger partial charge in [0.05, 0.1) is 6.10 Å². The molecular weight excluding hydrogens is 212 g/mol. The molecule has 0 spiro atoms. The van der Waals surface area contributed by atoms with Crippen LogP contribution in [0.2, 0.25) is 0 Å². The first kappa shape index (κ1) is 11.9. The van der Waals surface area contributed by atoms with Gasteiger partial charge in [-0.15, -0.1) is 0 Å². The van der Waals surface area contributed by atoms with Gasteiger partial charge >= 0.3 is 0 Å². The molecule has 3 fully saturated rings. The van der Waals surface area contributed by atoms with Crippen LogP contribution in [0.4, 0.5) is 0 Å². The zero-order chi connectivity index (χ0) is 11.7. The van der Waals surface area contributed by atoms with Crippen molar-refractivity contribution in [1.82, 2.24) is 10.6 Å². The average Bonchev–Trinajstić information content (AvgIpc) is 2.92. The van der Waals surface area contributed by atoms with E-state index in [2.05, 4.69) is 10.6 Å². The Morgan fingerprint density at radius 2 is 2.00 bits per heavy atom. The second kappa shape index (κ2) is 5.25. The summed E-state index contributed by atoms with van der Waals surface area (Å²) in [4.78, 5) is 0. The van der Waals surface area contributed by atoms with Crippen LogP contribution in [0.25, 0.3) is 0 Å². The summed E-state index contributed by atoms with van der Waals surface area (Å²) in [6.45, 7) is 2.35. The van der Waals surface area contributed by atoms with Crippen molar-refractivity contribution in [2.45, 2.75) is 63.1 Å². The molecule has 3 unspecified atom stereocenters. The zero-order valence-electron chi connectivity index (χ0n) is 10.7. The van der Waals surface area contributed by atoms with Gasteiger partial charge in [0, 0.05) is 12.1 Å². The Hall–Kier alpha value is -0.120. The minimum atomic E-state index is -0.00215. The van der Waals surface area contributed by atoms with E-state index in [0.29, 0.717) is 0 Å². The lowest BCUT2D eigenvalue weighted by atomic mass is 9.82. The Morgan fingerprint density at radius 1 is 1.12 bits per heavy atom. The highest BCUT2D eigenvalue weighted by molar-refractivity contribution is 4.94. The van der Waals surface area contributed by atoms with Crippen molar-refractivity contribution >= 4 is 0 Å². The smallest absolute Gasteiger partial charge is 0.0546 e.